The summed E-state index contributed by atoms with van der Waals surface area (Å²) in [6.45, 7) is 4.05. The summed E-state index contributed by atoms with van der Waals surface area (Å²) in [5, 5.41) is 9.19. The molecule has 2 aromatic rings. The van der Waals surface area contributed by atoms with Crippen molar-refractivity contribution < 1.29 is 9.53 Å². The van der Waals surface area contributed by atoms with Crippen LogP contribution in [0.15, 0.2) is 36.5 Å². The molecule has 1 aromatic carbocycles. The third-order valence-corrected chi connectivity index (χ3v) is 3.05. The SMILES string of the molecule is C/C=C\c1c[nH]c(C#N)c1-c1ccc(C(=O)OCC)cc1. The second-order valence-electron chi connectivity index (χ2n) is 4.40. The van der Waals surface area contributed by atoms with Crippen molar-refractivity contribution in [3.05, 3.63) is 53.4 Å². The van der Waals surface area contributed by atoms with Gasteiger partial charge in [-0.05, 0) is 31.5 Å². The van der Waals surface area contributed by atoms with Crippen molar-refractivity contribution in [2.75, 3.05) is 6.61 Å². The number of allylic oxidation sites excluding steroid dienone is 1. The van der Waals surface area contributed by atoms with Crippen LogP contribution in [0.5, 0.6) is 0 Å². The summed E-state index contributed by atoms with van der Waals surface area (Å²) in [5.74, 6) is -0.340. The van der Waals surface area contributed by atoms with Gasteiger partial charge in [-0.2, -0.15) is 5.26 Å². The van der Waals surface area contributed by atoms with Gasteiger partial charge in [0.15, 0.2) is 0 Å². The van der Waals surface area contributed by atoms with Crippen LogP contribution in [0.4, 0.5) is 0 Å². The largest absolute Gasteiger partial charge is 0.462 e. The van der Waals surface area contributed by atoms with Gasteiger partial charge in [0.05, 0.1) is 12.2 Å². The molecule has 0 radical (unpaired) electrons. The lowest BCUT2D eigenvalue weighted by Gasteiger charge is -2.05. The van der Waals surface area contributed by atoms with E-state index in [1.807, 2.05) is 31.2 Å². The molecule has 0 aliphatic carbocycles. The van der Waals surface area contributed by atoms with Gasteiger partial charge in [0, 0.05) is 17.3 Å². The first-order valence-electron chi connectivity index (χ1n) is 6.73. The van der Waals surface area contributed by atoms with E-state index < -0.39 is 0 Å². The van der Waals surface area contributed by atoms with Crippen LogP contribution in [0.1, 0.15) is 35.5 Å². The minimum Gasteiger partial charge on any atom is -0.462 e. The van der Waals surface area contributed by atoms with Gasteiger partial charge in [-0.3, -0.25) is 0 Å². The second kappa shape index (κ2) is 6.58. The van der Waals surface area contributed by atoms with Gasteiger partial charge in [-0.15, -0.1) is 0 Å². The van der Waals surface area contributed by atoms with E-state index in [2.05, 4.69) is 11.1 Å². The minimum atomic E-state index is -0.340. The van der Waals surface area contributed by atoms with Crippen molar-refractivity contribution in [2.24, 2.45) is 0 Å². The van der Waals surface area contributed by atoms with Gasteiger partial charge < -0.3 is 9.72 Å². The smallest absolute Gasteiger partial charge is 0.338 e. The number of aromatic nitrogens is 1. The molecule has 21 heavy (non-hydrogen) atoms. The Balaban J connectivity index is 2.41. The number of ether oxygens (including phenoxy) is 1. The summed E-state index contributed by atoms with van der Waals surface area (Å²) in [5.41, 5.74) is 3.67. The molecule has 0 amide bonds. The Morgan fingerprint density at radius 2 is 2.10 bits per heavy atom. The molecule has 1 N–H and O–H groups in total. The Bertz CT molecular complexity index is 703. The van der Waals surface area contributed by atoms with Crippen molar-refractivity contribution in [3.63, 3.8) is 0 Å². The number of hydrogen-bond acceptors (Lipinski definition) is 3. The Kier molecular flexibility index (Phi) is 4.57. The number of carbonyl (C=O) groups excluding carboxylic acids is 1. The fourth-order valence-electron chi connectivity index (χ4n) is 2.14. The maximum Gasteiger partial charge on any atom is 0.338 e. The zero-order valence-electron chi connectivity index (χ0n) is 12.0. The highest BCUT2D eigenvalue weighted by atomic mass is 16.5. The Morgan fingerprint density at radius 1 is 1.38 bits per heavy atom. The van der Waals surface area contributed by atoms with Crippen LogP contribution in [0.2, 0.25) is 0 Å². The molecule has 2 rings (SSSR count). The minimum absolute atomic E-state index is 0.340. The van der Waals surface area contributed by atoms with Crippen molar-refractivity contribution in [1.82, 2.24) is 4.98 Å². The molecule has 0 saturated carbocycles. The molecular formula is C17H16N2O2. The van der Waals surface area contributed by atoms with Crippen LogP contribution in [-0.4, -0.2) is 17.6 Å². The molecule has 1 heterocycles. The quantitative estimate of drug-likeness (QED) is 0.867. The summed E-state index contributed by atoms with van der Waals surface area (Å²) >= 11 is 0. The third-order valence-electron chi connectivity index (χ3n) is 3.05. The first kappa shape index (κ1) is 14.6. The molecule has 106 valence electrons. The molecule has 4 heteroatoms. The molecule has 0 aliphatic rings. The van der Waals surface area contributed by atoms with Gasteiger partial charge >= 0.3 is 5.97 Å². The average molecular weight is 280 g/mol. The van der Waals surface area contributed by atoms with Gasteiger partial charge in [0.25, 0.3) is 0 Å². The lowest BCUT2D eigenvalue weighted by Crippen LogP contribution is -2.04. The van der Waals surface area contributed by atoms with E-state index in [1.165, 1.54) is 0 Å². The molecule has 0 fully saturated rings. The molecular weight excluding hydrogens is 264 g/mol. The van der Waals surface area contributed by atoms with Crippen molar-refractivity contribution in [2.45, 2.75) is 13.8 Å². The molecule has 0 spiro atoms. The molecule has 0 bridgehead atoms. The normalized spacial score (nSPS) is 10.5. The number of nitriles is 1. The highest BCUT2D eigenvalue weighted by molar-refractivity contribution is 5.90. The number of carbonyl (C=O) groups is 1. The second-order valence-corrected chi connectivity index (χ2v) is 4.40. The van der Waals surface area contributed by atoms with E-state index >= 15 is 0 Å². The van der Waals surface area contributed by atoms with Gasteiger partial charge in [-0.25, -0.2) is 4.79 Å². The van der Waals surface area contributed by atoms with E-state index in [4.69, 9.17) is 4.74 Å². The monoisotopic (exact) mass is 280 g/mol. The van der Waals surface area contributed by atoms with Crippen LogP contribution in [0, 0.1) is 11.3 Å². The van der Waals surface area contributed by atoms with Crippen molar-refractivity contribution >= 4 is 12.0 Å². The summed E-state index contributed by atoms with van der Waals surface area (Å²) in [7, 11) is 0. The number of nitrogens with one attached hydrogen (secondary N) is 1. The number of aromatic amines is 1. The lowest BCUT2D eigenvalue weighted by atomic mass is 10.00. The van der Waals surface area contributed by atoms with E-state index in [0.29, 0.717) is 17.9 Å². The molecule has 1 aromatic heterocycles. The summed E-state index contributed by atoms with van der Waals surface area (Å²) in [6, 6.07) is 9.21. The zero-order valence-corrected chi connectivity index (χ0v) is 12.0. The average Bonchev–Trinajstić information content (AvgIpc) is 2.91. The van der Waals surface area contributed by atoms with Crippen LogP contribution in [0.25, 0.3) is 17.2 Å². The number of rotatable bonds is 4. The number of hydrogen-bond donors (Lipinski definition) is 1. The molecule has 0 saturated heterocycles. The molecule has 4 nitrogen and oxygen atoms in total. The van der Waals surface area contributed by atoms with Crippen LogP contribution in [-0.2, 0) is 4.74 Å². The van der Waals surface area contributed by atoms with Crippen molar-refractivity contribution in [3.8, 4) is 17.2 Å². The van der Waals surface area contributed by atoms with Gasteiger partial charge in [0.2, 0.25) is 0 Å². The number of esters is 1. The predicted octanol–water partition coefficient (Wildman–Crippen LogP) is 3.76. The lowest BCUT2D eigenvalue weighted by molar-refractivity contribution is 0.0526. The van der Waals surface area contributed by atoms with E-state index in [-0.39, 0.29) is 5.97 Å². The maximum atomic E-state index is 11.6. The molecule has 0 unspecified atom stereocenters. The highest BCUT2D eigenvalue weighted by Crippen LogP contribution is 2.28. The summed E-state index contributed by atoms with van der Waals surface area (Å²) in [4.78, 5) is 14.6. The van der Waals surface area contributed by atoms with Crippen LogP contribution >= 0.6 is 0 Å². The molecule has 0 atom stereocenters. The Labute approximate surface area is 123 Å². The predicted molar refractivity (Wildman–Crippen MR) is 81.6 cm³/mol. The molecule has 0 aliphatic heterocycles. The van der Waals surface area contributed by atoms with Gasteiger partial charge in [-0.1, -0.05) is 24.3 Å². The van der Waals surface area contributed by atoms with Crippen LogP contribution in [0.3, 0.4) is 0 Å². The van der Waals surface area contributed by atoms with E-state index in [1.54, 1.807) is 25.3 Å². The zero-order chi connectivity index (χ0) is 15.2. The maximum absolute atomic E-state index is 11.6. The van der Waals surface area contributed by atoms with Crippen LogP contribution < -0.4 is 0 Å². The van der Waals surface area contributed by atoms with Gasteiger partial charge in [0.1, 0.15) is 11.8 Å². The summed E-state index contributed by atoms with van der Waals surface area (Å²) < 4.78 is 4.96. The number of H-pyrrole nitrogens is 1. The summed E-state index contributed by atoms with van der Waals surface area (Å²) in [6.07, 6.45) is 5.65. The Morgan fingerprint density at radius 3 is 2.67 bits per heavy atom. The van der Waals surface area contributed by atoms with E-state index in [9.17, 15) is 10.1 Å². The Hall–Kier alpha value is -2.80. The highest BCUT2D eigenvalue weighted by Gasteiger charge is 2.13. The topological polar surface area (TPSA) is 65.9 Å². The fraction of sp³-hybridized carbons (Fsp3) is 0.176. The number of nitrogens with zero attached hydrogens (tertiary/aromatic N) is 1. The first-order chi connectivity index (χ1) is 10.2. The number of benzene rings is 1. The third kappa shape index (κ3) is 3.03. The van der Waals surface area contributed by atoms with Crippen molar-refractivity contribution in [1.29, 1.82) is 5.26 Å². The standard InChI is InChI=1S/C17H16N2O2/c1-3-5-14-11-19-15(10-18)16(14)12-6-8-13(9-7-12)17(20)21-4-2/h3,5-9,11,19H,4H2,1-2H3/b5-3-. The fourth-order valence-corrected chi connectivity index (χ4v) is 2.14. The first-order valence-corrected chi connectivity index (χ1v) is 6.73. The van der Waals surface area contributed by atoms with E-state index in [0.717, 1.165) is 16.7 Å².